The molecule has 1 aromatic rings. The Hall–Kier alpha value is -1.38. The lowest BCUT2D eigenvalue weighted by molar-refractivity contribution is -0.129. The molecule has 2 heterocycles. The summed E-state index contributed by atoms with van der Waals surface area (Å²) in [4.78, 5) is 27.6. The average Bonchev–Trinajstić information content (AvgIpc) is 2.63. The quantitative estimate of drug-likeness (QED) is 0.772. The van der Waals surface area contributed by atoms with Crippen molar-refractivity contribution >= 4 is 18.3 Å². The molecule has 0 spiro atoms. The normalized spacial score (nSPS) is 15.1. The number of carbonyl (C=O) groups is 1. The van der Waals surface area contributed by atoms with Gasteiger partial charge < -0.3 is 10.6 Å². The first-order chi connectivity index (χ1) is 9.67. The van der Waals surface area contributed by atoms with Crippen molar-refractivity contribution in [1.29, 1.82) is 0 Å². The van der Waals surface area contributed by atoms with E-state index in [4.69, 9.17) is 5.73 Å². The molecular formula is C13H25ClN6O2. The van der Waals surface area contributed by atoms with Crippen LogP contribution in [0.5, 0.6) is 0 Å². The largest absolute Gasteiger partial charge is 0.347 e. The molecule has 1 aliphatic rings. The van der Waals surface area contributed by atoms with E-state index in [-0.39, 0.29) is 36.1 Å². The predicted octanol–water partition coefficient (Wildman–Crippen LogP) is -0.892. The Morgan fingerprint density at radius 2 is 2.00 bits per heavy atom. The molecule has 0 unspecified atom stereocenters. The van der Waals surface area contributed by atoms with Gasteiger partial charge >= 0.3 is 5.69 Å². The van der Waals surface area contributed by atoms with E-state index in [1.807, 2.05) is 13.8 Å². The number of aromatic nitrogens is 3. The maximum atomic E-state index is 12.2. The molecule has 0 aromatic carbocycles. The van der Waals surface area contributed by atoms with Crippen LogP contribution in [0.1, 0.15) is 19.7 Å². The minimum Gasteiger partial charge on any atom is -0.347 e. The van der Waals surface area contributed by atoms with E-state index in [2.05, 4.69) is 10.00 Å². The molecule has 2 rings (SSSR count). The lowest BCUT2D eigenvalue weighted by atomic mass is 10.1. The molecule has 2 N–H and O–H groups in total. The van der Waals surface area contributed by atoms with Crippen LogP contribution in [0.3, 0.4) is 0 Å². The van der Waals surface area contributed by atoms with Crippen LogP contribution in [0.4, 0.5) is 0 Å². The number of halogens is 1. The van der Waals surface area contributed by atoms with Crippen LogP contribution in [0.2, 0.25) is 0 Å². The first-order valence-corrected chi connectivity index (χ1v) is 7.05. The predicted molar refractivity (Wildman–Crippen MR) is 86.0 cm³/mol. The Labute approximate surface area is 136 Å². The number of nitrogens with zero attached hydrogens (tertiary/aromatic N) is 5. The van der Waals surface area contributed by atoms with Crippen molar-refractivity contribution in [3.8, 4) is 0 Å². The van der Waals surface area contributed by atoms with E-state index in [1.165, 1.54) is 9.58 Å². The highest BCUT2D eigenvalue weighted by Gasteiger charge is 2.25. The fourth-order valence-corrected chi connectivity index (χ4v) is 2.43. The zero-order chi connectivity index (χ0) is 15.8. The first kappa shape index (κ1) is 18.7. The number of nitrogens with two attached hydrogens (primary N) is 1. The van der Waals surface area contributed by atoms with Crippen LogP contribution in [0, 0.1) is 0 Å². The fraction of sp³-hybridized carbons (Fsp3) is 0.769. The molecule has 9 heteroatoms. The number of hydrogen-bond donors (Lipinski definition) is 1. The van der Waals surface area contributed by atoms with E-state index < -0.39 is 0 Å². The Morgan fingerprint density at radius 1 is 1.36 bits per heavy atom. The maximum Gasteiger partial charge on any atom is 0.346 e. The molecule has 0 aliphatic carbocycles. The summed E-state index contributed by atoms with van der Waals surface area (Å²) in [5.41, 5.74) is 5.53. The van der Waals surface area contributed by atoms with E-state index >= 15 is 0 Å². The third-order valence-electron chi connectivity index (χ3n) is 3.42. The zero-order valence-electron chi connectivity index (χ0n) is 13.6. The van der Waals surface area contributed by atoms with Gasteiger partial charge in [-0.2, -0.15) is 5.10 Å². The van der Waals surface area contributed by atoms with Crippen LogP contribution in [-0.4, -0.2) is 62.8 Å². The zero-order valence-corrected chi connectivity index (χ0v) is 14.4. The van der Waals surface area contributed by atoms with Crippen molar-refractivity contribution in [3.05, 3.63) is 16.3 Å². The van der Waals surface area contributed by atoms with Gasteiger partial charge in [-0.15, -0.1) is 12.4 Å². The van der Waals surface area contributed by atoms with Gasteiger partial charge in [-0.3, -0.25) is 14.3 Å². The molecule has 0 saturated carbocycles. The molecule has 1 amide bonds. The number of fused-ring (bicyclic) bond motifs is 1. The lowest BCUT2D eigenvalue weighted by Crippen LogP contribution is -2.48. The average molecular weight is 333 g/mol. The van der Waals surface area contributed by atoms with Crippen molar-refractivity contribution < 1.29 is 4.79 Å². The number of rotatable bonds is 4. The number of hydrogen-bond acceptors (Lipinski definition) is 5. The van der Waals surface area contributed by atoms with E-state index in [1.54, 1.807) is 18.7 Å². The smallest absolute Gasteiger partial charge is 0.346 e. The highest BCUT2D eigenvalue weighted by molar-refractivity contribution is 5.85. The topological polar surface area (TPSA) is 89.4 Å². The SMILES string of the molecule is CN(C)C(=O)Cn1nc2n(c1=O)CCN(CC(C)(C)N)C2.Cl. The summed E-state index contributed by atoms with van der Waals surface area (Å²) in [6.45, 7) is 6.60. The molecule has 1 aliphatic heterocycles. The maximum absolute atomic E-state index is 12.2. The third kappa shape index (κ3) is 4.31. The Bertz CT molecular complexity index is 586. The molecule has 0 fully saturated rings. The molecule has 8 nitrogen and oxygen atoms in total. The summed E-state index contributed by atoms with van der Waals surface area (Å²) >= 11 is 0. The Kier molecular flexibility index (Phi) is 5.77. The molecule has 0 saturated heterocycles. The van der Waals surface area contributed by atoms with Gasteiger partial charge in [-0.05, 0) is 13.8 Å². The fourth-order valence-electron chi connectivity index (χ4n) is 2.43. The minimum absolute atomic E-state index is 0. The van der Waals surface area contributed by atoms with Crippen LogP contribution in [0.15, 0.2) is 4.79 Å². The van der Waals surface area contributed by atoms with Gasteiger partial charge in [0.1, 0.15) is 12.4 Å². The van der Waals surface area contributed by atoms with Crippen molar-refractivity contribution in [3.63, 3.8) is 0 Å². The molecule has 0 atom stereocenters. The Morgan fingerprint density at radius 3 is 2.55 bits per heavy atom. The second-order valence-corrected chi connectivity index (χ2v) is 6.50. The van der Waals surface area contributed by atoms with Gasteiger partial charge in [-0.1, -0.05) is 0 Å². The third-order valence-corrected chi connectivity index (χ3v) is 3.42. The highest BCUT2D eigenvalue weighted by Crippen LogP contribution is 2.11. The van der Waals surface area contributed by atoms with E-state index in [0.29, 0.717) is 18.9 Å². The van der Waals surface area contributed by atoms with Crippen LogP contribution in [0.25, 0.3) is 0 Å². The number of amides is 1. The summed E-state index contributed by atoms with van der Waals surface area (Å²) in [5, 5.41) is 4.29. The highest BCUT2D eigenvalue weighted by atomic mass is 35.5. The van der Waals surface area contributed by atoms with Gasteiger partial charge in [0.15, 0.2) is 0 Å². The number of carbonyl (C=O) groups excluding carboxylic acids is 1. The first-order valence-electron chi connectivity index (χ1n) is 7.05. The summed E-state index contributed by atoms with van der Waals surface area (Å²) in [7, 11) is 3.32. The van der Waals surface area contributed by atoms with Crippen molar-refractivity contribution in [2.24, 2.45) is 5.73 Å². The monoisotopic (exact) mass is 332 g/mol. The summed E-state index contributed by atoms with van der Waals surface area (Å²) in [5.74, 6) is 0.551. The van der Waals surface area contributed by atoms with Gasteiger partial charge in [0.25, 0.3) is 0 Å². The minimum atomic E-state index is -0.286. The van der Waals surface area contributed by atoms with Crippen LogP contribution < -0.4 is 11.4 Å². The van der Waals surface area contributed by atoms with Crippen molar-refractivity contribution in [1.82, 2.24) is 24.1 Å². The molecule has 22 heavy (non-hydrogen) atoms. The molecule has 1 aromatic heterocycles. The van der Waals surface area contributed by atoms with Gasteiger partial charge in [0, 0.05) is 39.3 Å². The van der Waals surface area contributed by atoms with E-state index in [9.17, 15) is 9.59 Å². The molecule has 126 valence electrons. The van der Waals surface area contributed by atoms with Gasteiger partial charge in [0.05, 0.1) is 6.54 Å². The van der Waals surface area contributed by atoms with Gasteiger partial charge in [-0.25, -0.2) is 9.48 Å². The van der Waals surface area contributed by atoms with Crippen LogP contribution in [-0.2, 0) is 24.4 Å². The number of likely N-dealkylation sites (N-methyl/N-ethyl adjacent to an activating group) is 1. The van der Waals surface area contributed by atoms with Crippen molar-refractivity contribution in [2.75, 3.05) is 27.2 Å². The molecule has 0 bridgehead atoms. The van der Waals surface area contributed by atoms with Crippen molar-refractivity contribution in [2.45, 2.75) is 39.0 Å². The molecular weight excluding hydrogens is 308 g/mol. The summed E-state index contributed by atoms with van der Waals surface area (Å²) in [6, 6.07) is 0. The summed E-state index contributed by atoms with van der Waals surface area (Å²) < 4.78 is 2.89. The Balaban J connectivity index is 0.00000242. The van der Waals surface area contributed by atoms with E-state index in [0.717, 1.165) is 13.1 Å². The molecule has 0 radical (unpaired) electrons. The summed E-state index contributed by atoms with van der Waals surface area (Å²) in [6.07, 6.45) is 0. The standard InChI is InChI=1S/C13H24N6O2.ClH/c1-13(2,14)9-17-5-6-18-10(7-17)15-19(12(18)21)8-11(20)16(3)4;/h5-9,14H2,1-4H3;1H. The second-order valence-electron chi connectivity index (χ2n) is 6.50. The van der Waals surface area contributed by atoms with Gasteiger partial charge in [0.2, 0.25) is 5.91 Å². The lowest BCUT2D eigenvalue weighted by Gasteiger charge is -2.32. The van der Waals surface area contributed by atoms with Crippen LogP contribution >= 0.6 is 12.4 Å². The second kappa shape index (κ2) is 6.80.